The van der Waals surface area contributed by atoms with E-state index in [-0.39, 0.29) is 0 Å². The van der Waals surface area contributed by atoms with Crippen LogP contribution in [0.5, 0.6) is 11.5 Å². The molecule has 2 aliphatic rings. The van der Waals surface area contributed by atoms with Crippen LogP contribution in [-0.4, -0.2) is 19.8 Å². The monoisotopic (exact) mass is 339 g/mol. The summed E-state index contributed by atoms with van der Waals surface area (Å²) in [5.41, 5.74) is 2.68. The average molecular weight is 340 g/mol. The number of fused-ring (bicyclic) bond motifs is 1. The summed E-state index contributed by atoms with van der Waals surface area (Å²) < 4.78 is 13.0. The molecule has 1 aromatic rings. The third-order valence-electron chi connectivity index (χ3n) is 4.06. The van der Waals surface area contributed by atoms with Crippen molar-refractivity contribution in [3.05, 3.63) is 21.7 Å². The Morgan fingerprint density at radius 2 is 1.95 bits per heavy atom. The molecule has 1 saturated heterocycles. The molecule has 2 heterocycles. The van der Waals surface area contributed by atoms with Crippen molar-refractivity contribution in [2.24, 2.45) is 0 Å². The molecule has 2 aliphatic heterocycles. The summed E-state index contributed by atoms with van der Waals surface area (Å²) in [6.45, 7) is 7.03. The number of halogens is 1. The lowest BCUT2D eigenvalue weighted by Crippen LogP contribution is -2.16. The van der Waals surface area contributed by atoms with Crippen LogP contribution in [0.1, 0.15) is 56.2 Å². The Kier molecular flexibility index (Phi) is 4.22. The number of hydrogen-bond acceptors (Lipinski definition) is 3. The molecule has 20 heavy (non-hydrogen) atoms. The molecular weight excluding hydrogens is 318 g/mol. The summed E-state index contributed by atoms with van der Waals surface area (Å²) >= 11 is 3.67. The Bertz CT molecular complexity index is 496. The van der Waals surface area contributed by atoms with Gasteiger partial charge in [-0.2, -0.15) is 0 Å². The molecule has 0 aromatic heterocycles. The lowest BCUT2D eigenvalue weighted by Gasteiger charge is -2.24. The summed E-state index contributed by atoms with van der Waals surface area (Å²) in [6.07, 6.45) is 3.38. The van der Waals surface area contributed by atoms with E-state index in [1.807, 2.05) is 0 Å². The van der Waals surface area contributed by atoms with E-state index < -0.39 is 0 Å². The summed E-state index contributed by atoms with van der Waals surface area (Å²) in [4.78, 5) is 0. The summed E-state index contributed by atoms with van der Waals surface area (Å²) in [5, 5.41) is 3.60. The standard InChI is InChI=1S/C16H22BrNO2/c1-10(2)14-11(13-5-3-6-18-13)9-12(17)15-16(14)20-8-4-7-19-15/h9-10,13,18H,3-8H2,1-2H3. The molecular formula is C16H22BrNO2. The van der Waals surface area contributed by atoms with Gasteiger partial charge in [0.25, 0.3) is 0 Å². The smallest absolute Gasteiger partial charge is 0.175 e. The van der Waals surface area contributed by atoms with E-state index in [2.05, 4.69) is 41.2 Å². The maximum Gasteiger partial charge on any atom is 0.175 e. The topological polar surface area (TPSA) is 30.5 Å². The SMILES string of the molecule is CC(C)c1c(C2CCCN2)cc(Br)c2c1OCCCO2. The van der Waals surface area contributed by atoms with Gasteiger partial charge in [0.1, 0.15) is 0 Å². The molecule has 1 N–H and O–H groups in total. The van der Waals surface area contributed by atoms with E-state index in [1.165, 1.54) is 24.0 Å². The lowest BCUT2D eigenvalue weighted by molar-refractivity contribution is 0.295. The van der Waals surface area contributed by atoms with Crippen LogP contribution in [0.25, 0.3) is 0 Å². The van der Waals surface area contributed by atoms with Crippen LogP contribution in [0.4, 0.5) is 0 Å². The second kappa shape index (κ2) is 5.94. The van der Waals surface area contributed by atoms with Crippen molar-refractivity contribution in [3.8, 4) is 11.5 Å². The van der Waals surface area contributed by atoms with Crippen molar-refractivity contribution in [3.63, 3.8) is 0 Å². The molecule has 3 rings (SSSR count). The van der Waals surface area contributed by atoms with Gasteiger partial charge >= 0.3 is 0 Å². The normalized spacial score (nSPS) is 22.1. The summed E-state index contributed by atoms with van der Waals surface area (Å²) in [6, 6.07) is 2.67. The molecule has 1 atom stereocenters. The fraction of sp³-hybridized carbons (Fsp3) is 0.625. The van der Waals surface area contributed by atoms with Gasteiger partial charge in [-0.15, -0.1) is 0 Å². The van der Waals surface area contributed by atoms with Gasteiger partial charge in [0.15, 0.2) is 11.5 Å². The molecule has 0 aliphatic carbocycles. The molecule has 0 radical (unpaired) electrons. The first-order chi connectivity index (χ1) is 9.68. The zero-order valence-corrected chi connectivity index (χ0v) is 13.8. The molecule has 0 amide bonds. The van der Waals surface area contributed by atoms with E-state index in [4.69, 9.17) is 9.47 Å². The predicted molar refractivity (Wildman–Crippen MR) is 83.8 cm³/mol. The summed E-state index contributed by atoms with van der Waals surface area (Å²) in [7, 11) is 0. The van der Waals surface area contributed by atoms with Crippen molar-refractivity contribution in [2.75, 3.05) is 19.8 Å². The van der Waals surface area contributed by atoms with Crippen molar-refractivity contribution in [1.29, 1.82) is 0 Å². The van der Waals surface area contributed by atoms with Crippen molar-refractivity contribution < 1.29 is 9.47 Å². The van der Waals surface area contributed by atoms with Crippen molar-refractivity contribution >= 4 is 15.9 Å². The fourth-order valence-corrected chi connectivity index (χ4v) is 3.70. The van der Waals surface area contributed by atoms with Gasteiger partial charge in [-0.3, -0.25) is 0 Å². The minimum atomic E-state index is 0.427. The Morgan fingerprint density at radius 1 is 1.20 bits per heavy atom. The minimum Gasteiger partial charge on any atom is -0.489 e. The number of hydrogen-bond donors (Lipinski definition) is 1. The first kappa shape index (κ1) is 14.2. The van der Waals surface area contributed by atoms with Crippen LogP contribution < -0.4 is 14.8 Å². The maximum absolute atomic E-state index is 6.04. The molecule has 0 saturated carbocycles. The van der Waals surface area contributed by atoms with E-state index >= 15 is 0 Å². The number of rotatable bonds is 2. The number of benzene rings is 1. The van der Waals surface area contributed by atoms with E-state index in [0.29, 0.717) is 12.0 Å². The third kappa shape index (κ3) is 2.56. The Labute approximate surface area is 129 Å². The fourth-order valence-electron chi connectivity index (χ4n) is 3.16. The van der Waals surface area contributed by atoms with Gasteiger partial charge in [-0.25, -0.2) is 0 Å². The highest BCUT2D eigenvalue weighted by molar-refractivity contribution is 9.10. The highest BCUT2D eigenvalue weighted by Crippen LogP contribution is 2.47. The molecule has 0 bridgehead atoms. The molecule has 4 heteroatoms. The van der Waals surface area contributed by atoms with Gasteiger partial charge in [0.2, 0.25) is 0 Å². The van der Waals surface area contributed by atoms with Gasteiger partial charge in [0, 0.05) is 18.0 Å². The Balaban J connectivity index is 2.14. The first-order valence-electron chi connectivity index (χ1n) is 7.53. The maximum atomic E-state index is 6.04. The third-order valence-corrected chi connectivity index (χ3v) is 4.64. The van der Waals surface area contributed by atoms with Crippen LogP contribution in [0.3, 0.4) is 0 Å². The van der Waals surface area contributed by atoms with Gasteiger partial charge in [-0.05, 0) is 52.9 Å². The first-order valence-corrected chi connectivity index (χ1v) is 8.33. The molecule has 110 valence electrons. The van der Waals surface area contributed by atoms with Gasteiger partial charge in [0.05, 0.1) is 17.7 Å². The van der Waals surface area contributed by atoms with Crippen LogP contribution >= 0.6 is 15.9 Å². The predicted octanol–water partition coefficient (Wildman–Crippen LogP) is 4.16. The highest BCUT2D eigenvalue weighted by atomic mass is 79.9. The number of ether oxygens (including phenoxy) is 2. The molecule has 3 nitrogen and oxygen atoms in total. The zero-order chi connectivity index (χ0) is 14.1. The average Bonchev–Trinajstić information content (AvgIpc) is 2.83. The Morgan fingerprint density at radius 3 is 2.60 bits per heavy atom. The van der Waals surface area contributed by atoms with Crippen molar-refractivity contribution in [2.45, 2.75) is 45.1 Å². The molecule has 0 spiro atoms. The van der Waals surface area contributed by atoms with Crippen molar-refractivity contribution in [1.82, 2.24) is 5.32 Å². The summed E-state index contributed by atoms with van der Waals surface area (Å²) in [5.74, 6) is 2.26. The highest BCUT2D eigenvalue weighted by Gasteiger charge is 2.28. The molecule has 1 aromatic carbocycles. The zero-order valence-electron chi connectivity index (χ0n) is 12.2. The molecule has 1 fully saturated rings. The van der Waals surface area contributed by atoms with Crippen LogP contribution in [0.2, 0.25) is 0 Å². The number of nitrogens with one attached hydrogen (secondary N) is 1. The Hall–Kier alpha value is -0.740. The largest absolute Gasteiger partial charge is 0.489 e. The van der Waals surface area contributed by atoms with Crippen LogP contribution in [0.15, 0.2) is 10.5 Å². The molecule has 1 unspecified atom stereocenters. The van der Waals surface area contributed by atoms with E-state index in [0.717, 1.165) is 42.2 Å². The van der Waals surface area contributed by atoms with E-state index in [1.54, 1.807) is 0 Å². The minimum absolute atomic E-state index is 0.427. The van der Waals surface area contributed by atoms with Gasteiger partial charge < -0.3 is 14.8 Å². The quantitative estimate of drug-likeness (QED) is 0.877. The lowest BCUT2D eigenvalue weighted by atomic mass is 9.90. The van der Waals surface area contributed by atoms with E-state index in [9.17, 15) is 0 Å². The second-order valence-corrected chi connectivity index (χ2v) is 6.73. The van der Waals surface area contributed by atoms with Gasteiger partial charge in [-0.1, -0.05) is 13.8 Å². The van der Waals surface area contributed by atoms with Crippen LogP contribution in [0, 0.1) is 0 Å². The van der Waals surface area contributed by atoms with Crippen LogP contribution in [-0.2, 0) is 0 Å². The second-order valence-electron chi connectivity index (χ2n) is 5.87.